The third-order valence-electron chi connectivity index (χ3n) is 8.00. The number of carbonyl (C=O) groups excluding carboxylic acids is 3. The molecule has 240 valence electrons. The van der Waals surface area contributed by atoms with Crippen LogP contribution in [0.5, 0.6) is 0 Å². The van der Waals surface area contributed by atoms with Crippen LogP contribution in [-0.4, -0.2) is 95.4 Å². The van der Waals surface area contributed by atoms with Crippen LogP contribution in [0.3, 0.4) is 0 Å². The van der Waals surface area contributed by atoms with Gasteiger partial charge in [0, 0.05) is 26.0 Å². The van der Waals surface area contributed by atoms with Crippen LogP contribution < -0.4 is 10.6 Å². The second-order valence-electron chi connectivity index (χ2n) is 11.8. The number of epoxide rings is 1. The van der Waals surface area contributed by atoms with Crippen LogP contribution >= 0.6 is 0 Å². The Morgan fingerprint density at radius 3 is 2.51 bits per heavy atom. The number of amides is 2. The average molecular weight is 607 g/mol. The minimum atomic E-state index is -0.985. The van der Waals surface area contributed by atoms with E-state index in [1.807, 2.05) is 19.9 Å². The van der Waals surface area contributed by atoms with Gasteiger partial charge in [0.15, 0.2) is 0 Å². The lowest BCUT2D eigenvalue weighted by Gasteiger charge is -2.39. The maximum atomic E-state index is 12.4. The van der Waals surface area contributed by atoms with Crippen molar-refractivity contribution in [1.29, 1.82) is 0 Å². The number of carboxylic acids is 1. The molecule has 0 unspecified atom stereocenters. The molecule has 0 radical (unpaired) electrons. The van der Waals surface area contributed by atoms with Crippen LogP contribution in [0.1, 0.15) is 66.7 Å². The fourth-order valence-electron chi connectivity index (χ4n) is 5.47. The molecule has 3 fully saturated rings. The average Bonchev–Trinajstić information content (AvgIpc) is 3.69. The molecule has 3 saturated heterocycles. The second kappa shape index (κ2) is 15.6. The Bertz CT molecular complexity index is 1100. The molecule has 0 aliphatic carbocycles. The molecule has 12 heteroatoms. The number of esters is 1. The number of hydrogen-bond donors (Lipinski definition) is 4. The van der Waals surface area contributed by atoms with Gasteiger partial charge >= 0.3 is 11.9 Å². The highest BCUT2D eigenvalue weighted by atomic mass is 16.6. The highest BCUT2D eigenvalue weighted by molar-refractivity contribution is 5.87. The first-order chi connectivity index (χ1) is 20.3. The lowest BCUT2D eigenvalue weighted by Crippen LogP contribution is -2.51. The van der Waals surface area contributed by atoms with Crippen LogP contribution in [0, 0.1) is 5.92 Å². The molecule has 3 rings (SSSR count). The summed E-state index contributed by atoms with van der Waals surface area (Å²) in [5.74, 6) is -1.77. The van der Waals surface area contributed by atoms with Gasteiger partial charge in [-0.1, -0.05) is 30.7 Å². The molecule has 0 aromatic heterocycles. The van der Waals surface area contributed by atoms with E-state index in [4.69, 9.17) is 24.1 Å². The minimum absolute atomic E-state index is 0.0327. The monoisotopic (exact) mass is 606 g/mol. The van der Waals surface area contributed by atoms with Gasteiger partial charge in [-0.05, 0) is 45.6 Å². The SMILES string of the molecule is CC(=O)O[C@@H](C)/C=C\C(=O)N[C@@H]1C[C@H](C)[C@H](C/C=C(C)/C=C/[C@H]2O[C@H](CC(=O)NCCC(=O)O)C[C@@]3(CO3)[C@@H]2O)O[C@@H]1C. The summed E-state index contributed by atoms with van der Waals surface area (Å²) in [6.45, 7) is 9.42. The van der Waals surface area contributed by atoms with Crippen molar-refractivity contribution in [2.24, 2.45) is 5.92 Å². The first-order valence-electron chi connectivity index (χ1n) is 14.9. The molecular weight excluding hydrogens is 560 g/mol. The van der Waals surface area contributed by atoms with Crippen LogP contribution in [0.2, 0.25) is 0 Å². The summed E-state index contributed by atoms with van der Waals surface area (Å²) in [6, 6.07) is -0.147. The van der Waals surface area contributed by atoms with Crippen molar-refractivity contribution in [3.63, 3.8) is 0 Å². The van der Waals surface area contributed by atoms with Gasteiger partial charge in [-0.25, -0.2) is 0 Å². The van der Waals surface area contributed by atoms with Crippen molar-refractivity contribution in [3.8, 4) is 0 Å². The predicted molar refractivity (Wildman–Crippen MR) is 156 cm³/mol. The van der Waals surface area contributed by atoms with Crippen molar-refractivity contribution in [2.45, 2.75) is 115 Å². The predicted octanol–water partition coefficient (Wildman–Crippen LogP) is 1.95. The van der Waals surface area contributed by atoms with E-state index in [0.717, 1.165) is 12.0 Å². The standard InChI is InChI=1S/C31H46N2O10/c1-18(6-9-25-19(2)14-24(21(4)42-25)33-27(35)11-8-20(3)41-22(5)34)7-10-26-30(39)31(17-40-31)16-23(43-26)15-28(36)32-13-12-29(37)38/h6-8,10-11,19-21,23-26,30,39H,9,12-17H2,1-5H3,(H,32,36)(H,33,35)(H,37,38)/b10-7+,11-8-,18-6+/t19-,20-,21+,23+,24+,25-,26+,30+,31+/m0/s1. The van der Waals surface area contributed by atoms with Gasteiger partial charge in [0.05, 0.1) is 43.8 Å². The topological polar surface area (TPSA) is 173 Å². The molecule has 3 heterocycles. The Hall–Kier alpha value is -3.06. The van der Waals surface area contributed by atoms with Crippen molar-refractivity contribution < 1.29 is 48.3 Å². The van der Waals surface area contributed by atoms with E-state index in [9.17, 15) is 24.3 Å². The number of ether oxygens (including phenoxy) is 4. The number of hydrogen-bond acceptors (Lipinski definition) is 9. The van der Waals surface area contributed by atoms with Crippen molar-refractivity contribution in [2.75, 3.05) is 13.2 Å². The van der Waals surface area contributed by atoms with Gasteiger partial charge in [0.2, 0.25) is 11.8 Å². The van der Waals surface area contributed by atoms with Crippen molar-refractivity contribution in [1.82, 2.24) is 10.6 Å². The lowest BCUT2D eigenvalue weighted by molar-refractivity contribution is -0.145. The van der Waals surface area contributed by atoms with E-state index >= 15 is 0 Å². The Morgan fingerprint density at radius 1 is 1.14 bits per heavy atom. The summed E-state index contributed by atoms with van der Waals surface area (Å²) >= 11 is 0. The first kappa shape index (κ1) is 34.4. The number of rotatable bonds is 13. The zero-order valence-corrected chi connectivity index (χ0v) is 25.6. The van der Waals surface area contributed by atoms with E-state index in [1.165, 1.54) is 19.1 Å². The normalized spacial score (nSPS) is 33.3. The molecule has 0 aromatic carbocycles. The Morgan fingerprint density at radius 2 is 1.86 bits per heavy atom. The Kier molecular flexibility index (Phi) is 12.5. The largest absolute Gasteiger partial charge is 0.481 e. The molecule has 1 spiro atoms. The molecule has 9 atom stereocenters. The van der Waals surface area contributed by atoms with E-state index in [2.05, 4.69) is 23.6 Å². The molecule has 2 amide bonds. The maximum absolute atomic E-state index is 12.4. The smallest absolute Gasteiger partial charge is 0.305 e. The highest BCUT2D eigenvalue weighted by Gasteiger charge is 2.58. The minimum Gasteiger partial charge on any atom is -0.481 e. The summed E-state index contributed by atoms with van der Waals surface area (Å²) < 4.78 is 22.9. The van der Waals surface area contributed by atoms with Crippen LogP contribution in [0.25, 0.3) is 0 Å². The van der Waals surface area contributed by atoms with Crippen molar-refractivity contribution >= 4 is 23.8 Å². The van der Waals surface area contributed by atoms with E-state index in [-0.39, 0.29) is 55.4 Å². The van der Waals surface area contributed by atoms with Gasteiger partial charge in [-0.2, -0.15) is 0 Å². The first-order valence-corrected chi connectivity index (χ1v) is 14.9. The zero-order valence-electron chi connectivity index (χ0n) is 25.6. The quantitative estimate of drug-likeness (QED) is 0.105. The molecular formula is C31H46N2O10. The summed E-state index contributed by atoms with van der Waals surface area (Å²) in [6.07, 6.45) is 7.65. The Balaban J connectivity index is 1.49. The fourth-order valence-corrected chi connectivity index (χ4v) is 5.47. The number of carbonyl (C=O) groups is 4. The van der Waals surface area contributed by atoms with Crippen LogP contribution in [-0.2, 0) is 38.1 Å². The third kappa shape index (κ3) is 10.9. The summed E-state index contributed by atoms with van der Waals surface area (Å²) in [5.41, 5.74) is 0.238. The number of aliphatic carboxylic acids is 1. The fraction of sp³-hybridized carbons (Fsp3) is 0.677. The zero-order chi connectivity index (χ0) is 31.7. The number of nitrogens with one attached hydrogen (secondary N) is 2. The summed E-state index contributed by atoms with van der Waals surface area (Å²) in [4.78, 5) is 46.3. The van der Waals surface area contributed by atoms with Gasteiger partial charge in [0.1, 0.15) is 23.9 Å². The second-order valence-corrected chi connectivity index (χ2v) is 11.8. The van der Waals surface area contributed by atoms with Crippen molar-refractivity contribution in [3.05, 3.63) is 36.0 Å². The summed E-state index contributed by atoms with van der Waals surface area (Å²) in [7, 11) is 0. The molecule has 0 aromatic rings. The number of aliphatic hydroxyl groups is 1. The van der Waals surface area contributed by atoms with Gasteiger partial charge in [0.25, 0.3) is 0 Å². The maximum Gasteiger partial charge on any atom is 0.305 e. The molecule has 0 saturated carbocycles. The van der Waals surface area contributed by atoms with Crippen LogP contribution in [0.15, 0.2) is 36.0 Å². The molecule has 3 aliphatic heterocycles. The summed E-state index contributed by atoms with van der Waals surface area (Å²) in [5, 5.41) is 25.2. The molecule has 43 heavy (non-hydrogen) atoms. The van der Waals surface area contributed by atoms with Crippen LogP contribution in [0.4, 0.5) is 0 Å². The van der Waals surface area contributed by atoms with E-state index in [0.29, 0.717) is 19.4 Å². The number of aliphatic hydroxyl groups excluding tert-OH is 1. The Labute approximate surface area is 252 Å². The van der Waals surface area contributed by atoms with E-state index < -0.39 is 42.0 Å². The molecule has 3 aliphatic rings. The van der Waals surface area contributed by atoms with Gasteiger partial charge in [-0.15, -0.1) is 0 Å². The molecule has 0 bridgehead atoms. The third-order valence-corrected chi connectivity index (χ3v) is 8.00. The molecule has 4 N–H and O–H groups in total. The molecule has 12 nitrogen and oxygen atoms in total. The highest BCUT2D eigenvalue weighted by Crippen LogP contribution is 2.43. The van der Waals surface area contributed by atoms with E-state index in [1.54, 1.807) is 13.0 Å². The van der Waals surface area contributed by atoms with Gasteiger partial charge in [-0.3, -0.25) is 19.2 Å². The number of carboxylic acid groups (broad SMARTS) is 1. The lowest BCUT2D eigenvalue weighted by atomic mass is 9.87. The number of allylic oxidation sites excluding steroid dienone is 2. The van der Waals surface area contributed by atoms with Gasteiger partial charge < -0.3 is 39.8 Å².